The van der Waals surface area contributed by atoms with E-state index >= 15 is 0 Å². The fourth-order valence-corrected chi connectivity index (χ4v) is 2.35. The van der Waals surface area contributed by atoms with E-state index in [0.29, 0.717) is 0 Å². The van der Waals surface area contributed by atoms with Gasteiger partial charge in [0, 0.05) is 29.8 Å². The monoisotopic (exact) mass is 249 g/mol. The number of Topliss-reactive ketones (excluding diaryl/α,β-unsaturated/α-hetero) is 1. The summed E-state index contributed by atoms with van der Waals surface area (Å²) < 4.78 is 2.03. The van der Waals surface area contributed by atoms with Gasteiger partial charge in [0.1, 0.15) is 0 Å². The van der Waals surface area contributed by atoms with E-state index in [-0.39, 0.29) is 11.7 Å². The van der Waals surface area contributed by atoms with Gasteiger partial charge in [0.25, 0.3) is 0 Å². The van der Waals surface area contributed by atoms with Crippen molar-refractivity contribution in [1.82, 2.24) is 4.57 Å². The van der Waals surface area contributed by atoms with Gasteiger partial charge in [0.05, 0.1) is 5.69 Å². The molecular weight excluding hydrogens is 234 g/mol. The molecular formula is C17H15NO. The average molecular weight is 249 g/mol. The number of benzene rings is 1. The van der Waals surface area contributed by atoms with Gasteiger partial charge in [0.15, 0.2) is 5.78 Å². The van der Waals surface area contributed by atoms with Gasteiger partial charge in [-0.05, 0) is 24.6 Å². The number of carbonyl (C=O) groups is 1. The van der Waals surface area contributed by atoms with Crippen molar-refractivity contribution >= 4 is 5.78 Å². The van der Waals surface area contributed by atoms with Crippen molar-refractivity contribution in [3.63, 3.8) is 0 Å². The Morgan fingerprint density at radius 3 is 2.68 bits per heavy atom. The second-order valence-corrected chi connectivity index (χ2v) is 4.98. The van der Waals surface area contributed by atoms with Crippen LogP contribution < -0.4 is 0 Å². The molecule has 0 radical (unpaired) electrons. The van der Waals surface area contributed by atoms with Crippen molar-refractivity contribution in [1.29, 1.82) is 0 Å². The first kappa shape index (κ1) is 11.8. The van der Waals surface area contributed by atoms with Gasteiger partial charge in [-0.15, -0.1) is 0 Å². The average Bonchev–Trinajstić information content (AvgIpc) is 2.86. The maximum absolute atomic E-state index is 12.0. The van der Waals surface area contributed by atoms with E-state index in [9.17, 15) is 4.79 Å². The number of carbonyl (C=O) groups excluding carboxylic acids is 1. The lowest BCUT2D eigenvalue weighted by Crippen LogP contribution is -2.23. The predicted octanol–water partition coefficient (Wildman–Crippen LogP) is 3.11. The molecule has 3 rings (SSSR count). The molecule has 0 bridgehead atoms. The minimum atomic E-state index is 0.136. The molecule has 1 unspecified atom stereocenters. The molecule has 1 aromatic carbocycles. The predicted molar refractivity (Wildman–Crippen MR) is 75.0 cm³/mol. The Balaban J connectivity index is 1.91. The summed E-state index contributed by atoms with van der Waals surface area (Å²) in [5.74, 6) is 6.62. The van der Waals surface area contributed by atoms with E-state index in [4.69, 9.17) is 0 Å². The smallest absolute Gasteiger partial charge is 0.182 e. The molecule has 19 heavy (non-hydrogen) atoms. The Labute approximate surface area is 113 Å². The van der Waals surface area contributed by atoms with Crippen LogP contribution in [0.3, 0.4) is 0 Å². The number of ketones is 1. The van der Waals surface area contributed by atoms with Gasteiger partial charge < -0.3 is 4.57 Å². The summed E-state index contributed by atoms with van der Waals surface area (Å²) in [6.45, 7) is 2.91. The highest BCUT2D eigenvalue weighted by Crippen LogP contribution is 2.22. The van der Waals surface area contributed by atoms with Crippen molar-refractivity contribution in [3.05, 3.63) is 59.4 Å². The van der Waals surface area contributed by atoms with Crippen molar-refractivity contribution in [3.8, 4) is 11.8 Å². The van der Waals surface area contributed by atoms with Crippen LogP contribution in [0.5, 0.6) is 0 Å². The minimum absolute atomic E-state index is 0.136. The molecule has 2 aromatic rings. The second-order valence-electron chi connectivity index (χ2n) is 4.98. The Morgan fingerprint density at radius 2 is 1.89 bits per heavy atom. The number of aryl methyl sites for hydroxylation is 1. The van der Waals surface area contributed by atoms with Crippen LogP contribution >= 0.6 is 0 Å². The first-order valence-electron chi connectivity index (χ1n) is 6.55. The van der Waals surface area contributed by atoms with Crippen LogP contribution in [0.25, 0.3) is 0 Å². The van der Waals surface area contributed by atoms with Gasteiger partial charge in [-0.1, -0.05) is 37.0 Å². The molecule has 94 valence electrons. The van der Waals surface area contributed by atoms with Crippen molar-refractivity contribution < 1.29 is 4.79 Å². The lowest BCUT2D eigenvalue weighted by atomic mass is 9.97. The van der Waals surface area contributed by atoms with Gasteiger partial charge in [-0.25, -0.2) is 0 Å². The molecule has 0 saturated carbocycles. The Morgan fingerprint density at radius 1 is 1.16 bits per heavy atom. The summed E-state index contributed by atoms with van der Waals surface area (Å²) in [6, 6.07) is 11.8. The maximum Gasteiger partial charge on any atom is 0.182 e. The normalized spacial score (nSPS) is 17.5. The number of rotatable bonds is 0. The van der Waals surface area contributed by atoms with Gasteiger partial charge in [-0.3, -0.25) is 4.79 Å². The molecule has 0 aliphatic carbocycles. The van der Waals surface area contributed by atoms with Crippen LogP contribution in [0.4, 0.5) is 0 Å². The van der Waals surface area contributed by atoms with E-state index in [1.165, 1.54) is 0 Å². The number of hydrogen-bond acceptors (Lipinski definition) is 1. The molecule has 1 aromatic heterocycles. The summed E-state index contributed by atoms with van der Waals surface area (Å²) in [5, 5.41) is 0. The number of fused-ring (bicyclic) bond motifs is 1. The zero-order valence-corrected chi connectivity index (χ0v) is 10.9. The van der Waals surface area contributed by atoms with E-state index in [1.54, 1.807) is 0 Å². The molecule has 1 aliphatic rings. The molecule has 1 atom stereocenters. The van der Waals surface area contributed by atoms with Crippen LogP contribution in [0.1, 0.15) is 35.0 Å². The zero-order chi connectivity index (χ0) is 13.2. The summed E-state index contributed by atoms with van der Waals surface area (Å²) in [7, 11) is 0. The lowest BCUT2D eigenvalue weighted by molar-refractivity contribution is 0.0891. The third kappa shape index (κ3) is 2.32. The number of aromatic nitrogens is 1. The highest BCUT2D eigenvalue weighted by atomic mass is 16.1. The SMILES string of the molecule is CC1CCn2cc(C#Cc3ccccc3)cc2C1=O. The summed E-state index contributed by atoms with van der Waals surface area (Å²) in [5.41, 5.74) is 2.71. The van der Waals surface area contributed by atoms with Crippen LogP contribution in [0.15, 0.2) is 42.6 Å². The van der Waals surface area contributed by atoms with E-state index < -0.39 is 0 Å². The fraction of sp³-hybridized carbons (Fsp3) is 0.235. The Kier molecular flexibility index (Phi) is 2.97. The van der Waals surface area contributed by atoms with Crippen molar-refractivity contribution in [2.45, 2.75) is 19.9 Å². The van der Waals surface area contributed by atoms with Crippen molar-refractivity contribution in [2.24, 2.45) is 5.92 Å². The molecule has 0 N–H and O–H groups in total. The molecule has 0 saturated heterocycles. The molecule has 2 nitrogen and oxygen atoms in total. The number of hydrogen-bond donors (Lipinski definition) is 0. The standard InChI is InChI=1S/C17H15NO/c1-13-9-10-18-12-15(11-16(18)17(13)19)8-7-14-5-3-2-4-6-14/h2-6,11-13H,9-10H2,1H3. The Bertz CT molecular complexity index is 670. The van der Waals surface area contributed by atoms with Crippen molar-refractivity contribution in [2.75, 3.05) is 0 Å². The second kappa shape index (κ2) is 4.78. The summed E-state index contributed by atoms with van der Waals surface area (Å²) in [6.07, 6.45) is 2.90. The van der Waals surface area contributed by atoms with Gasteiger partial charge in [-0.2, -0.15) is 0 Å². The molecule has 0 amide bonds. The molecule has 1 aliphatic heterocycles. The lowest BCUT2D eigenvalue weighted by Gasteiger charge is -2.19. The topological polar surface area (TPSA) is 22.0 Å². The first-order chi connectivity index (χ1) is 9.24. The summed E-state index contributed by atoms with van der Waals surface area (Å²) >= 11 is 0. The van der Waals surface area contributed by atoms with Crippen LogP contribution in [-0.2, 0) is 6.54 Å². The molecule has 0 fully saturated rings. The quantitative estimate of drug-likeness (QED) is 0.657. The third-order valence-corrected chi connectivity index (χ3v) is 3.52. The largest absolute Gasteiger partial charge is 0.344 e. The molecule has 2 heteroatoms. The van der Waals surface area contributed by atoms with Crippen LogP contribution in [-0.4, -0.2) is 10.4 Å². The highest BCUT2D eigenvalue weighted by molar-refractivity contribution is 5.97. The maximum atomic E-state index is 12.0. The number of nitrogens with zero attached hydrogens (tertiary/aromatic N) is 1. The minimum Gasteiger partial charge on any atom is -0.344 e. The molecule has 2 heterocycles. The van der Waals surface area contributed by atoms with Gasteiger partial charge >= 0.3 is 0 Å². The van der Waals surface area contributed by atoms with E-state index in [2.05, 4.69) is 11.8 Å². The van der Waals surface area contributed by atoms with Crippen LogP contribution in [0, 0.1) is 17.8 Å². The van der Waals surface area contributed by atoms with Crippen LogP contribution in [0.2, 0.25) is 0 Å². The fourth-order valence-electron chi connectivity index (χ4n) is 2.35. The first-order valence-corrected chi connectivity index (χ1v) is 6.55. The summed E-state index contributed by atoms with van der Waals surface area (Å²) in [4.78, 5) is 12.0. The molecule has 0 spiro atoms. The zero-order valence-electron chi connectivity index (χ0n) is 10.9. The van der Waals surface area contributed by atoms with E-state index in [1.807, 2.05) is 54.1 Å². The highest BCUT2D eigenvalue weighted by Gasteiger charge is 2.24. The third-order valence-electron chi connectivity index (χ3n) is 3.52. The van der Waals surface area contributed by atoms with Gasteiger partial charge in [0.2, 0.25) is 0 Å². The Hall–Kier alpha value is -2.27. The van der Waals surface area contributed by atoms with E-state index in [0.717, 1.165) is 29.8 Å².